The Hall–Kier alpha value is -0.0800. The van der Waals surface area contributed by atoms with Crippen molar-refractivity contribution in [1.82, 2.24) is 10.6 Å². The van der Waals surface area contributed by atoms with Crippen molar-refractivity contribution < 1.29 is 0 Å². The van der Waals surface area contributed by atoms with Gasteiger partial charge in [0.05, 0.1) is 0 Å². The molecule has 0 spiro atoms. The van der Waals surface area contributed by atoms with Crippen LogP contribution in [-0.2, 0) is 0 Å². The van der Waals surface area contributed by atoms with Gasteiger partial charge in [0.25, 0.3) is 0 Å². The Morgan fingerprint density at radius 2 is 2.08 bits per heavy atom. The molecule has 1 aliphatic carbocycles. The van der Waals surface area contributed by atoms with E-state index in [0.29, 0.717) is 6.04 Å². The number of hydrogen-bond donors (Lipinski definition) is 2. The second-order valence-corrected chi connectivity index (χ2v) is 4.25. The van der Waals surface area contributed by atoms with Crippen molar-refractivity contribution >= 4 is 0 Å². The van der Waals surface area contributed by atoms with Gasteiger partial charge in [-0.25, -0.2) is 0 Å². The monoisotopic (exact) mass is 184 g/mol. The molecular formula is C11H24N2. The standard InChI is InChI=1S/C11H24N2/c1-3-4-5-8-12-9-10(2)13-11-6-7-11/h10-13H,3-9H2,1-2H3. The normalized spacial score (nSPS) is 18.9. The first kappa shape index (κ1) is 11.0. The highest BCUT2D eigenvalue weighted by Crippen LogP contribution is 2.18. The Morgan fingerprint density at radius 3 is 2.69 bits per heavy atom. The first-order valence-electron chi connectivity index (χ1n) is 5.79. The molecule has 1 fully saturated rings. The lowest BCUT2D eigenvalue weighted by atomic mass is 10.2. The van der Waals surface area contributed by atoms with E-state index < -0.39 is 0 Å². The molecule has 0 radical (unpaired) electrons. The zero-order chi connectivity index (χ0) is 9.52. The number of hydrogen-bond acceptors (Lipinski definition) is 2. The van der Waals surface area contributed by atoms with E-state index in [1.807, 2.05) is 0 Å². The van der Waals surface area contributed by atoms with Crippen LogP contribution in [0, 0.1) is 0 Å². The summed E-state index contributed by atoms with van der Waals surface area (Å²) in [6, 6.07) is 1.49. The molecule has 2 nitrogen and oxygen atoms in total. The van der Waals surface area contributed by atoms with Crippen LogP contribution in [0.3, 0.4) is 0 Å². The van der Waals surface area contributed by atoms with Crippen LogP contribution in [0.4, 0.5) is 0 Å². The predicted octanol–water partition coefficient (Wildman–Crippen LogP) is 1.91. The van der Waals surface area contributed by atoms with Crippen LogP contribution in [0.5, 0.6) is 0 Å². The molecule has 2 heteroatoms. The van der Waals surface area contributed by atoms with E-state index in [1.54, 1.807) is 0 Å². The first-order valence-corrected chi connectivity index (χ1v) is 5.79. The first-order chi connectivity index (χ1) is 6.33. The smallest absolute Gasteiger partial charge is 0.0166 e. The van der Waals surface area contributed by atoms with Crippen LogP contribution in [0.15, 0.2) is 0 Å². The summed E-state index contributed by atoms with van der Waals surface area (Å²) in [6.07, 6.45) is 6.78. The molecule has 0 saturated heterocycles. The second kappa shape index (κ2) is 6.39. The summed E-state index contributed by atoms with van der Waals surface area (Å²) in [6.45, 7) is 6.83. The van der Waals surface area contributed by atoms with Gasteiger partial charge in [-0.3, -0.25) is 0 Å². The lowest BCUT2D eigenvalue weighted by Gasteiger charge is -2.13. The third-order valence-corrected chi connectivity index (χ3v) is 2.51. The van der Waals surface area contributed by atoms with Crippen LogP contribution in [0.1, 0.15) is 46.0 Å². The molecule has 0 aromatic heterocycles. The lowest BCUT2D eigenvalue weighted by molar-refractivity contribution is 0.492. The molecule has 1 unspecified atom stereocenters. The van der Waals surface area contributed by atoms with E-state index in [2.05, 4.69) is 24.5 Å². The quantitative estimate of drug-likeness (QED) is 0.563. The van der Waals surface area contributed by atoms with Crippen LogP contribution in [0.25, 0.3) is 0 Å². The fourth-order valence-electron chi connectivity index (χ4n) is 1.53. The summed E-state index contributed by atoms with van der Waals surface area (Å²) in [7, 11) is 0. The van der Waals surface area contributed by atoms with Crippen molar-refractivity contribution in [2.45, 2.75) is 58.0 Å². The summed E-state index contributed by atoms with van der Waals surface area (Å²) in [5, 5.41) is 7.07. The zero-order valence-corrected chi connectivity index (χ0v) is 9.10. The average Bonchev–Trinajstić information content (AvgIpc) is 2.88. The maximum Gasteiger partial charge on any atom is 0.0166 e. The molecule has 1 atom stereocenters. The third kappa shape index (κ3) is 6.05. The van der Waals surface area contributed by atoms with Crippen molar-refractivity contribution in [2.24, 2.45) is 0 Å². The van der Waals surface area contributed by atoms with Crippen LogP contribution >= 0.6 is 0 Å². The minimum Gasteiger partial charge on any atom is -0.315 e. The maximum absolute atomic E-state index is 3.58. The van der Waals surface area contributed by atoms with Gasteiger partial charge in [-0.15, -0.1) is 0 Å². The molecule has 0 bridgehead atoms. The van der Waals surface area contributed by atoms with Gasteiger partial charge in [-0.2, -0.15) is 0 Å². The SMILES string of the molecule is CCCCCNCC(C)NC1CC1. The van der Waals surface area contributed by atoms with E-state index >= 15 is 0 Å². The molecule has 0 aromatic rings. The van der Waals surface area contributed by atoms with Crippen LogP contribution in [-0.4, -0.2) is 25.2 Å². The highest BCUT2D eigenvalue weighted by molar-refractivity contribution is 4.83. The molecule has 0 heterocycles. The molecule has 1 rings (SSSR count). The summed E-state index contributed by atoms with van der Waals surface area (Å²) in [5.41, 5.74) is 0. The van der Waals surface area contributed by atoms with Crippen molar-refractivity contribution in [3.63, 3.8) is 0 Å². The molecule has 2 N–H and O–H groups in total. The zero-order valence-electron chi connectivity index (χ0n) is 9.10. The van der Waals surface area contributed by atoms with Crippen molar-refractivity contribution in [3.05, 3.63) is 0 Å². The predicted molar refractivity (Wildman–Crippen MR) is 58.0 cm³/mol. The topological polar surface area (TPSA) is 24.1 Å². The van der Waals surface area contributed by atoms with Crippen LogP contribution < -0.4 is 10.6 Å². The van der Waals surface area contributed by atoms with Gasteiger partial charge in [-0.05, 0) is 32.7 Å². The fraction of sp³-hybridized carbons (Fsp3) is 1.00. The Labute approximate surface area is 82.5 Å². The largest absolute Gasteiger partial charge is 0.315 e. The summed E-state index contributed by atoms with van der Waals surface area (Å²) in [4.78, 5) is 0. The van der Waals surface area contributed by atoms with Gasteiger partial charge >= 0.3 is 0 Å². The van der Waals surface area contributed by atoms with E-state index in [0.717, 1.165) is 12.6 Å². The Balaban J connectivity index is 1.80. The minimum atomic E-state index is 0.647. The number of nitrogens with one attached hydrogen (secondary N) is 2. The van der Waals surface area contributed by atoms with E-state index in [9.17, 15) is 0 Å². The Morgan fingerprint density at radius 1 is 1.31 bits per heavy atom. The molecular weight excluding hydrogens is 160 g/mol. The summed E-state index contributed by atoms with van der Waals surface area (Å²) < 4.78 is 0. The van der Waals surface area contributed by atoms with Gasteiger partial charge in [-0.1, -0.05) is 19.8 Å². The molecule has 0 aromatic carbocycles. The van der Waals surface area contributed by atoms with Gasteiger partial charge in [0.15, 0.2) is 0 Å². The summed E-state index contributed by atoms with van der Waals surface area (Å²) >= 11 is 0. The number of unbranched alkanes of at least 4 members (excludes halogenated alkanes) is 2. The van der Waals surface area contributed by atoms with E-state index in [-0.39, 0.29) is 0 Å². The number of rotatable bonds is 8. The highest BCUT2D eigenvalue weighted by Gasteiger charge is 2.22. The van der Waals surface area contributed by atoms with Crippen molar-refractivity contribution in [1.29, 1.82) is 0 Å². The minimum absolute atomic E-state index is 0.647. The second-order valence-electron chi connectivity index (χ2n) is 4.25. The fourth-order valence-corrected chi connectivity index (χ4v) is 1.53. The van der Waals surface area contributed by atoms with Gasteiger partial charge < -0.3 is 10.6 Å². The third-order valence-electron chi connectivity index (χ3n) is 2.51. The van der Waals surface area contributed by atoms with Gasteiger partial charge in [0.2, 0.25) is 0 Å². The summed E-state index contributed by atoms with van der Waals surface area (Å²) in [5.74, 6) is 0. The lowest BCUT2D eigenvalue weighted by Crippen LogP contribution is -2.37. The Bertz CT molecular complexity index is 121. The molecule has 1 aliphatic rings. The van der Waals surface area contributed by atoms with Crippen molar-refractivity contribution in [2.75, 3.05) is 13.1 Å². The molecule has 13 heavy (non-hydrogen) atoms. The van der Waals surface area contributed by atoms with E-state index in [4.69, 9.17) is 0 Å². The maximum atomic E-state index is 3.58. The highest BCUT2D eigenvalue weighted by atomic mass is 15.0. The molecule has 78 valence electrons. The molecule has 1 saturated carbocycles. The van der Waals surface area contributed by atoms with E-state index in [1.165, 1.54) is 38.6 Å². The Kier molecular flexibility index (Phi) is 5.40. The van der Waals surface area contributed by atoms with Gasteiger partial charge in [0, 0.05) is 18.6 Å². The molecule has 0 aliphatic heterocycles. The average molecular weight is 184 g/mol. The van der Waals surface area contributed by atoms with Gasteiger partial charge in [0.1, 0.15) is 0 Å². The molecule has 0 amide bonds. The van der Waals surface area contributed by atoms with Crippen molar-refractivity contribution in [3.8, 4) is 0 Å². The van der Waals surface area contributed by atoms with Crippen LogP contribution in [0.2, 0.25) is 0 Å².